The summed E-state index contributed by atoms with van der Waals surface area (Å²) >= 11 is 0. The van der Waals surface area contributed by atoms with E-state index in [-0.39, 0.29) is 11.3 Å². The third-order valence-corrected chi connectivity index (χ3v) is 4.39. The van der Waals surface area contributed by atoms with E-state index < -0.39 is 11.4 Å². The monoisotopic (exact) mass is 269 g/mol. The summed E-state index contributed by atoms with van der Waals surface area (Å²) in [6.45, 7) is 5.74. The van der Waals surface area contributed by atoms with E-state index in [1.54, 1.807) is 11.8 Å². The van der Waals surface area contributed by atoms with Crippen molar-refractivity contribution in [2.24, 2.45) is 10.8 Å². The molecule has 1 unspecified atom stereocenters. The van der Waals surface area contributed by atoms with Gasteiger partial charge in [0.05, 0.1) is 17.4 Å². The molecule has 19 heavy (non-hydrogen) atoms. The van der Waals surface area contributed by atoms with Crippen LogP contribution < -0.4 is 0 Å². The number of carboxylic acids is 1. The van der Waals surface area contributed by atoms with Crippen LogP contribution in [0.15, 0.2) is 0 Å². The van der Waals surface area contributed by atoms with E-state index in [1.165, 1.54) is 0 Å². The molecule has 2 aliphatic rings. The largest absolute Gasteiger partial charge is 0.481 e. The van der Waals surface area contributed by atoms with Crippen LogP contribution in [0, 0.1) is 10.8 Å². The minimum absolute atomic E-state index is 0.0909. The van der Waals surface area contributed by atoms with Gasteiger partial charge in [0.15, 0.2) is 0 Å². The summed E-state index contributed by atoms with van der Waals surface area (Å²) in [5.74, 6) is -0.715. The van der Waals surface area contributed by atoms with Crippen molar-refractivity contribution < 1.29 is 19.4 Å². The van der Waals surface area contributed by atoms with Gasteiger partial charge in [0.2, 0.25) is 5.91 Å². The molecular formula is C14H23NO4. The standard InChI is InChI=1S/C14H23NO4/c1-3-19-10-14(6-7-14)11(16)15-8-4-5-13(2,9-15)12(17)18/h3-10H2,1-2H3,(H,17,18). The molecule has 1 saturated carbocycles. The lowest BCUT2D eigenvalue weighted by Gasteiger charge is -2.39. The Kier molecular flexibility index (Phi) is 3.85. The minimum Gasteiger partial charge on any atom is -0.481 e. The van der Waals surface area contributed by atoms with Gasteiger partial charge in [0.25, 0.3) is 0 Å². The highest BCUT2D eigenvalue weighted by molar-refractivity contribution is 5.86. The maximum atomic E-state index is 12.6. The van der Waals surface area contributed by atoms with Crippen LogP contribution in [-0.4, -0.2) is 48.2 Å². The van der Waals surface area contributed by atoms with Gasteiger partial charge >= 0.3 is 5.97 Å². The second kappa shape index (κ2) is 5.12. The number of rotatable bonds is 5. The van der Waals surface area contributed by atoms with Crippen LogP contribution in [-0.2, 0) is 14.3 Å². The van der Waals surface area contributed by atoms with E-state index in [9.17, 15) is 14.7 Å². The zero-order valence-corrected chi connectivity index (χ0v) is 11.8. The third-order valence-electron chi connectivity index (χ3n) is 4.39. The van der Waals surface area contributed by atoms with Crippen molar-refractivity contribution >= 4 is 11.9 Å². The number of carboxylic acid groups (broad SMARTS) is 1. The van der Waals surface area contributed by atoms with Gasteiger partial charge in [0, 0.05) is 19.7 Å². The van der Waals surface area contributed by atoms with Gasteiger partial charge in [-0.3, -0.25) is 9.59 Å². The molecule has 0 spiro atoms. The summed E-state index contributed by atoms with van der Waals surface area (Å²) in [4.78, 5) is 25.6. The average molecular weight is 269 g/mol. The average Bonchev–Trinajstić information content (AvgIpc) is 3.16. The minimum atomic E-state index is -0.806. The molecule has 1 heterocycles. The number of nitrogens with zero attached hydrogens (tertiary/aromatic N) is 1. The molecule has 0 radical (unpaired) electrons. The molecule has 0 aromatic carbocycles. The summed E-state index contributed by atoms with van der Waals surface area (Å²) < 4.78 is 5.41. The van der Waals surface area contributed by atoms with Crippen molar-refractivity contribution in [1.29, 1.82) is 0 Å². The Bertz CT molecular complexity index is 378. The molecule has 1 aliphatic heterocycles. The number of carbonyl (C=O) groups excluding carboxylic acids is 1. The quantitative estimate of drug-likeness (QED) is 0.821. The zero-order chi connectivity index (χ0) is 14.1. The summed E-state index contributed by atoms with van der Waals surface area (Å²) in [6, 6.07) is 0. The van der Waals surface area contributed by atoms with Crippen molar-refractivity contribution in [2.75, 3.05) is 26.3 Å². The predicted molar refractivity (Wildman–Crippen MR) is 69.7 cm³/mol. The molecule has 1 amide bonds. The van der Waals surface area contributed by atoms with Gasteiger partial charge in [-0.2, -0.15) is 0 Å². The molecule has 2 rings (SSSR count). The molecule has 5 nitrogen and oxygen atoms in total. The molecule has 1 atom stereocenters. The maximum Gasteiger partial charge on any atom is 0.311 e. The van der Waals surface area contributed by atoms with E-state index >= 15 is 0 Å². The van der Waals surface area contributed by atoms with Gasteiger partial charge in [-0.1, -0.05) is 0 Å². The first-order chi connectivity index (χ1) is 8.93. The lowest BCUT2D eigenvalue weighted by Crippen LogP contribution is -2.51. The number of hydrogen-bond acceptors (Lipinski definition) is 3. The van der Waals surface area contributed by atoms with Crippen LogP contribution in [0.25, 0.3) is 0 Å². The Hall–Kier alpha value is -1.10. The van der Waals surface area contributed by atoms with Crippen LogP contribution in [0.3, 0.4) is 0 Å². The Labute approximate surface area is 113 Å². The summed E-state index contributed by atoms with van der Waals surface area (Å²) in [5, 5.41) is 9.29. The predicted octanol–water partition coefficient (Wildman–Crippen LogP) is 1.52. The van der Waals surface area contributed by atoms with E-state index in [4.69, 9.17) is 4.74 Å². The SMILES string of the molecule is CCOCC1(C(=O)N2CCCC(C)(C(=O)O)C2)CC1. The second-order valence-corrected chi connectivity index (χ2v) is 6.11. The summed E-state index contributed by atoms with van der Waals surface area (Å²) in [5.41, 5.74) is -1.15. The Balaban J connectivity index is 2.02. The van der Waals surface area contributed by atoms with Gasteiger partial charge in [-0.25, -0.2) is 0 Å². The number of likely N-dealkylation sites (tertiary alicyclic amines) is 1. The van der Waals surface area contributed by atoms with Crippen LogP contribution >= 0.6 is 0 Å². The highest BCUT2D eigenvalue weighted by Gasteiger charge is 2.53. The summed E-state index contributed by atoms with van der Waals surface area (Å²) in [6.07, 6.45) is 3.14. The lowest BCUT2D eigenvalue weighted by molar-refractivity contribution is -0.155. The van der Waals surface area contributed by atoms with Gasteiger partial charge in [-0.05, 0) is 39.5 Å². The van der Waals surface area contributed by atoms with Gasteiger partial charge in [-0.15, -0.1) is 0 Å². The highest BCUT2D eigenvalue weighted by Crippen LogP contribution is 2.48. The molecule has 1 aliphatic carbocycles. The molecule has 108 valence electrons. The van der Waals surface area contributed by atoms with Gasteiger partial charge < -0.3 is 14.7 Å². The second-order valence-electron chi connectivity index (χ2n) is 6.11. The Morgan fingerprint density at radius 2 is 2.00 bits per heavy atom. The molecule has 0 bridgehead atoms. The maximum absolute atomic E-state index is 12.6. The van der Waals surface area contributed by atoms with Crippen LogP contribution in [0.4, 0.5) is 0 Å². The number of carbonyl (C=O) groups is 2. The zero-order valence-electron chi connectivity index (χ0n) is 11.8. The van der Waals surface area contributed by atoms with Crippen molar-refractivity contribution in [3.63, 3.8) is 0 Å². The van der Waals surface area contributed by atoms with Crippen molar-refractivity contribution in [2.45, 2.75) is 39.5 Å². The highest BCUT2D eigenvalue weighted by atomic mass is 16.5. The first kappa shape index (κ1) is 14.3. The number of piperidine rings is 1. The number of amides is 1. The van der Waals surface area contributed by atoms with Crippen LogP contribution in [0.1, 0.15) is 39.5 Å². The van der Waals surface area contributed by atoms with Crippen LogP contribution in [0.2, 0.25) is 0 Å². The van der Waals surface area contributed by atoms with Gasteiger partial charge in [0.1, 0.15) is 0 Å². The van der Waals surface area contributed by atoms with Crippen LogP contribution in [0.5, 0.6) is 0 Å². The van der Waals surface area contributed by atoms with Crippen molar-refractivity contribution in [3.8, 4) is 0 Å². The normalized spacial score (nSPS) is 29.1. The Morgan fingerprint density at radius 3 is 2.53 bits per heavy atom. The van der Waals surface area contributed by atoms with E-state index in [2.05, 4.69) is 0 Å². The fraction of sp³-hybridized carbons (Fsp3) is 0.857. The fourth-order valence-corrected chi connectivity index (χ4v) is 2.79. The van der Waals surface area contributed by atoms with E-state index in [1.807, 2.05) is 6.92 Å². The fourth-order valence-electron chi connectivity index (χ4n) is 2.79. The molecule has 0 aromatic rings. The molecule has 2 fully saturated rings. The molecule has 1 saturated heterocycles. The van der Waals surface area contributed by atoms with E-state index in [0.29, 0.717) is 32.7 Å². The number of hydrogen-bond donors (Lipinski definition) is 1. The topological polar surface area (TPSA) is 66.8 Å². The smallest absolute Gasteiger partial charge is 0.311 e. The molecular weight excluding hydrogens is 246 g/mol. The van der Waals surface area contributed by atoms with Crippen molar-refractivity contribution in [3.05, 3.63) is 0 Å². The third kappa shape index (κ3) is 2.76. The van der Waals surface area contributed by atoms with Crippen molar-refractivity contribution in [1.82, 2.24) is 4.90 Å². The Morgan fingerprint density at radius 1 is 1.32 bits per heavy atom. The van der Waals surface area contributed by atoms with E-state index in [0.717, 1.165) is 19.3 Å². The first-order valence-electron chi connectivity index (χ1n) is 7.04. The molecule has 1 N–H and O–H groups in total. The molecule has 0 aromatic heterocycles. The first-order valence-corrected chi connectivity index (χ1v) is 7.04. The number of ether oxygens (including phenoxy) is 1. The summed E-state index contributed by atoms with van der Waals surface area (Å²) in [7, 11) is 0. The number of aliphatic carboxylic acids is 1. The molecule has 5 heteroatoms. The lowest BCUT2D eigenvalue weighted by atomic mass is 9.81.